The molecular weight excluding hydrogens is 309 g/mol. The lowest BCUT2D eigenvalue weighted by molar-refractivity contribution is 0.629. The van der Waals surface area contributed by atoms with Gasteiger partial charge in [0.2, 0.25) is 0 Å². The molecule has 0 atom stereocenters. The standard InChI is InChI=1S/C14H11BrFN3/c15-9-2-1-3-10(16)13(9)14-18-11-5-4-8(7-17)6-12(11)19-14/h1-6H,7,17H2,(H,18,19). The summed E-state index contributed by atoms with van der Waals surface area (Å²) in [6.45, 7) is 0.466. The Labute approximate surface area is 117 Å². The number of fused-ring (bicyclic) bond motifs is 1. The van der Waals surface area contributed by atoms with Crippen LogP contribution in [0.5, 0.6) is 0 Å². The first-order valence-corrected chi connectivity index (χ1v) is 6.61. The number of aromatic nitrogens is 2. The van der Waals surface area contributed by atoms with E-state index in [2.05, 4.69) is 25.9 Å². The monoisotopic (exact) mass is 319 g/mol. The van der Waals surface area contributed by atoms with Gasteiger partial charge in [0.15, 0.2) is 0 Å². The number of nitrogens with two attached hydrogens (primary N) is 1. The largest absolute Gasteiger partial charge is 0.338 e. The van der Waals surface area contributed by atoms with Crippen LogP contribution in [-0.2, 0) is 6.54 Å². The van der Waals surface area contributed by atoms with E-state index in [1.165, 1.54) is 6.07 Å². The second kappa shape index (κ2) is 4.75. The number of H-pyrrole nitrogens is 1. The van der Waals surface area contributed by atoms with Crippen LogP contribution in [-0.4, -0.2) is 9.97 Å². The summed E-state index contributed by atoms with van der Waals surface area (Å²) >= 11 is 3.35. The summed E-state index contributed by atoms with van der Waals surface area (Å²) < 4.78 is 14.6. The number of rotatable bonds is 2. The number of aromatic amines is 1. The van der Waals surface area contributed by atoms with Gasteiger partial charge < -0.3 is 10.7 Å². The van der Waals surface area contributed by atoms with Crippen LogP contribution >= 0.6 is 15.9 Å². The molecule has 19 heavy (non-hydrogen) atoms. The van der Waals surface area contributed by atoms with Crippen LogP contribution in [0.25, 0.3) is 22.4 Å². The van der Waals surface area contributed by atoms with Crippen molar-refractivity contribution in [3.8, 4) is 11.4 Å². The van der Waals surface area contributed by atoms with Crippen LogP contribution in [0.4, 0.5) is 4.39 Å². The van der Waals surface area contributed by atoms with E-state index < -0.39 is 0 Å². The highest BCUT2D eigenvalue weighted by atomic mass is 79.9. The lowest BCUT2D eigenvalue weighted by Crippen LogP contribution is -1.95. The molecule has 5 heteroatoms. The first-order chi connectivity index (χ1) is 9.19. The van der Waals surface area contributed by atoms with Gasteiger partial charge in [0.25, 0.3) is 0 Å². The average molecular weight is 320 g/mol. The van der Waals surface area contributed by atoms with Crippen LogP contribution < -0.4 is 5.73 Å². The maximum Gasteiger partial charge on any atom is 0.142 e. The fourth-order valence-electron chi connectivity index (χ4n) is 2.03. The minimum absolute atomic E-state index is 0.313. The summed E-state index contributed by atoms with van der Waals surface area (Å²) in [4.78, 5) is 7.55. The van der Waals surface area contributed by atoms with Crippen molar-refractivity contribution >= 4 is 27.0 Å². The number of hydrogen-bond acceptors (Lipinski definition) is 2. The summed E-state index contributed by atoms with van der Waals surface area (Å²) in [5.41, 5.74) is 8.70. The van der Waals surface area contributed by atoms with Crippen molar-refractivity contribution in [2.75, 3.05) is 0 Å². The van der Waals surface area contributed by atoms with Crippen molar-refractivity contribution < 1.29 is 4.39 Å². The Morgan fingerprint density at radius 1 is 1.26 bits per heavy atom. The van der Waals surface area contributed by atoms with Crippen molar-refractivity contribution in [2.24, 2.45) is 5.73 Å². The highest BCUT2D eigenvalue weighted by Crippen LogP contribution is 2.30. The molecule has 1 aromatic heterocycles. The molecule has 0 spiro atoms. The minimum atomic E-state index is -0.313. The van der Waals surface area contributed by atoms with Crippen LogP contribution in [0.3, 0.4) is 0 Å². The predicted octanol–water partition coefficient (Wildman–Crippen LogP) is 3.59. The second-order valence-electron chi connectivity index (χ2n) is 4.24. The van der Waals surface area contributed by atoms with Crippen LogP contribution in [0.2, 0.25) is 0 Å². The average Bonchev–Trinajstić information content (AvgIpc) is 2.80. The van der Waals surface area contributed by atoms with E-state index in [1.54, 1.807) is 12.1 Å². The van der Waals surface area contributed by atoms with Crippen molar-refractivity contribution in [1.82, 2.24) is 9.97 Å². The topological polar surface area (TPSA) is 54.7 Å². The van der Waals surface area contributed by atoms with Crippen molar-refractivity contribution in [1.29, 1.82) is 0 Å². The zero-order chi connectivity index (χ0) is 13.4. The molecule has 0 radical (unpaired) electrons. The Hall–Kier alpha value is -1.72. The zero-order valence-corrected chi connectivity index (χ0v) is 11.5. The van der Waals surface area contributed by atoms with Crippen LogP contribution in [0, 0.1) is 5.82 Å². The number of benzene rings is 2. The van der Waals surface area contributed by atoms with Gasteiger partial charge >= 0.3 is 0 Å². The molecule has 96 valence electrons. The molecule has 0 saturated carbocycles. The predicted molar refractivity (Wildman–Crippen MR) is 77.1 cm³/mol. The molecule has 0 fully saturated rings. The van der Waals surface area contributed by atoms with Gasteiger partial charge in [0.05, 0.1) is 16.6 Å². The maximum atomic E-state index is 13.9. The van der Waals surface area contributed by atoms with Gasteiger partial charge in [-0.3, -0.25) is 0 Å². The van der Waals surface area contributed by atoms with Crippen molar-refractivity contribution in [3.63, 3.8) is 0 Å². The van der Waals surface area contributed by atoms with Gasteiger partial charge in [0.1, 0.15) is 11.6 Å². The zero-order valence-electron chi connectivity index (χ0n) is 9.95. The normalized spacial score (nSPS) is 11.1. The molecular formula is C14H11BrFN3. The van der Waals surface area contributed by atoms with Gasteiger partial charge in [-0.25, -0.2) is 9.37 Å². The summed E-state index contributed by atoms with van der Waals surface area (Å²) in [5, 5.41) is 0. The molecule has 1 heterocycles. The molecule has 0 unspecified atom stereocenters. The molecule has 0 bridgehead atoms. The Morgan fingerprint density at radius 2 is 2.11 bits per heavy atom. The van der Waals surface area contributed by atoms with Gasteiger partial charge in [-0.05, 0) is 45.8 Å². The van der Waals surface area contributed by atoms with Crippen LogP contribution in [0.1, 0.15) is 5.56 Å². The third-order valence-corrected chi connectivity index (χ3v) is 3.64. The highest BCUT2D eigenvalue weighted by molar-refractivity contribution is 9.10. The Morgan fingerprint density at radius 3 is 2.84 bits per heavy atom. The molecule has 2 aromatic carbocycles. The molecule has 3 rings (SSSR count). The fourth-order valence-corrected chi connectivity index (χ4v) is 2.56. The SMILES string of the molecule is NCc1ccc2nc(-c3c(F)cccc3Br)[nH]c2c1. The molecule has 0 aliphatic carbocycles. The summed E-state index contributed by atoms with van der Waals surface area (Å²) in [6, 6.07) is 10.6. The fraction of sp³-hybridized carbons (Fsp3) is 0.0714. The highest BCUT2D eigenvalue weighted by Gasteiger charge is 2.13. The van der Waals surface area contributed by atoms with Crippen molar-refractivity contribution in [3.05, 3.63) is 52.3 Å². The van der Waals surface area contributed by atoms with Gasteiger partial charge in [0, 0.05) is 11.0 Å². The minimum Gasteiger partial charge on any atom is -0.338 e. The first kappa shape index (κ1) is 12.3. The molecule has 0 aliphatic rings. The Kier molecular flexibility index (Phi) is 3.08. The van der Waals surface area contributed by atoms with E-state index in [-0.39, 0.29) is 5.82 Å². The van der Waals surface area contributed by atoms with Gasteiger partial charge in [-0.2, -0.15) is 0 Å². The molecule has 0 aliphatic heterocycles. The lowest BCUT2D eigenvalue weighted by Gasteiger charge is -2.01. The summed E-state index contributed by atoms with van der Waals surface area (Å²) in [6.07, 6.45) is 0. The third-order valence-electron chi connectivity index (χ3n) is 2.98. The number of imidazole rings is 1. The van der Waals surface area contributed by atoms with E-state index >= 15 is 0 Å². The summed E-state index contributed by atoms with van der Waals surface area (Å²) in [5.74, 6) is 0.196. The molecule has 0 amide bonds. The third kappa shape index (κ3) is 2.15. The van der Waals surface area contributed by atoms with Crippen molar-refractivity contribution in [2.45, 2.75) is 6.54 Å². The van der Waals surface area contributed by atoms with E-state index in [0.29, 0.717) is 22.4 Å². The Balaban J connectivity index is 2.21. The van der Waals surface area contributed by atoms with Gasteiger partial charge in [-0.1, -0.05) is 12.1 Å². The number of nitrogens with one attached hydrogen (secondary N) is 1. The maximum absolute atomic E-state index is 13.9. The summed E-state index contributed by atoms with van der Waals surface area (Å²) in [7, 11) is 0. The second-order valence-corrected chi connectivity index (χ2v) is 5.09. The number of halogens is 2. The van der Waals surface area contributed by atoms with E-state index in [9.17, 15) is 4.39 Å². The molecule has 3 nitrogen and oxygen atoms in total. The smallest absolute Gasteiger partial charge is 0.142 e. The molecule has 0 saturated heterocycles. The van der Waals surface area contributed by atoms with E-state index in [0.717, 1.165) is 16.6 Å². The van der Waals surface area contributed by atoms with Gasteiger partial charge in [-0.15, -0.1) is 0 Å². The van der Waals surface area contributed by atoms with Crippen LogP contribution in [0.15, 0.2) is 40.9 Å². The van der Waals surface area contributed by atoms with E-state index in [1.807, 2.05) is 18.2 Å². The lowest BCUT2D eigenvalue weighted by atomic mass is 10.2. The molecule has 3 N–H and O–H groups in total. The van der Waals surface area contributed by atoms with E-state index in [4.69, 9.17) is 5.73 Å². The number of nitrogens with zero attached hydrogens (tertiary/aromatic N) is 1. The quantitative estimate of drug-likeness (QED) is 0.758. The first-order valence-electron chi connectivity index (χ1n) is 5.82. The number of hydrogen-bond donors (Lipinski definition) is 2. The Bertz CT molecular complexity index is 731. The molecule has 3 aromatic rings.